The molecule has 13 heteroatoms. The molecule has 4 rings (SSSR count). The van der Waals surface area contributed by atoms with Crippen molar-refractivity contribution in [2.45, 2.75) is 57.2 Å². The van der Waals surface area contributed by atoms with Gasteiger partial charge in [0.05, 0.1) is 0 Å². The maximum atomic E-state index is 13.2. The summed E-state index contributed by atoms with van der Waals surface area (Å²) in [5, 5.41) is 14.2. The van der Waals surface area contributed by atoms with Gasteiger partial charge in [0, 0.05) is 39.0 Å². The standard InChI is InChI=1S/C26H33N7O6/c1-27-25(38)21(34)8-7-17(30-24(37)20-9-10-28-32(20)2)23(36)31-18-4-3-11-33(26(18)39)14-22(35)29-19-13-15-5-6-16(19)12-15/h3-4,9-11,15-17,19H,5-8,12-14H2,1-2H3,(H,27,38)(H,29,35)(H,30,37)(H,31,36)/t15?,16?,17-,19?/m0/s1. The molecule has 0 saturated heterocycles. The average Bonchev–Trinajstić information content (AvgIpc) is 3.65. The minimum atomic E-state index is -1.24. The summed E-state index contributed by atoms with van der Waals surface area (Å²) in [6.45, 7) is -0.197. The van der Waals surface area contributed by atoms with E-state index in [0.29, 0.717) is 11.8 Å². The van der Waals surface area contributed by atoms with E-state index in [2.05, 4.69) is 26.4 Å². The Kier molecular flexibility index (Phi) is 8.57. The lowest BCUT2D eigenvalue weighted by molar-refractivity contribution is -0.137. The summed E-state index contributed by atoms with van der Waals surface area (Å²) >= 11 is 0. The van der Waals surface area contributed by atoms with Crippen molar-refractivity contribution in [2.75, 3.05) is 12.4 Å². The number of anilines is 1. The van der Waals surface area contributed by atoms with Crippen LogP contribution in [0.4, 0.5) is 5.69 Å². The predicted molar refractivity (Wildman–Crippen MR) is 139 cm³/mol. The Morgan fingerprint density at radius 3 is 2.56 bits per heavy atom. The van der Waals surface area contributed by atoms with E-state index in [1.165, 1.54) is 53.3 Å². The Labute approximate surface area is 224 Å². The van der Waals surface area contributed by atoms with Gasteiger partial charge in [0.15, 0.2) is 0 Å². The first-order valence-corrected chi connectivity index (χ1v) is 13.0. The molecule has 13 nitrogen and oxygen atoms in total. The van der Waals surface area contributed by atoms with E-state index in [1.54, 1.807) is 7.05 Å². The summed E-state index contributed by atoms with van der Waals surface area (Å²) in [5.74, 6) is -2.06. The normalized spacial score (nSPS) is 20.2. The topological polar surface area (TPSA) is 173 Å². The van der Waals surface area contributed by atoms with E-state index >= 15 is 0 Å². The maximum absolute atomic E-state index is 13.2. The van der Waals surface area contributed by atoms with Gasteiger partial charge in [-0.3, -0.25) is 33.4 Å². The van der Waals surface area contributed by atoms with Crippen LogP contribution in [0.2, 0.25) is 0 Å². The number of amides is 4. The Bertz CT molecular complexity index is 1330. The average molecular weight is 540 g/mol. The van der Waals surface area contributed by atoms with Crippen LogP contribution in [-0.2, 0) is 32.8 Å². The van der Waals surface area contributed by atoms with Crippen LogP contribution in [0.3, 0.4) is 0 Å². The second-order valence-electron chi connectivity index (χ2n) is 10.1. The highest BCUT2D eigenvalue weighted by Gasteiger charge is 2.40. The largest absolute Gasteiger partial charge is 0.353 e. The van der Waals surface area contributed by atoms with Gasteiger partial charge in [0.2, 0.25) is 17.6 Å². The first kappa shape index (κ1) is 27.7. The molecule has 0 aromatic carbocycles. The molecule has 208 valence electrons. The van der Waals surface area contributed by atoms with Gasteiger partial charge in [-0.1, -0.05) is 6.42 Å². The highest BCUT2D eigenvalue weighted by Crippen LogP contribution is 2.44. The molecule has 2 fully saturated rings. The molecule has 3 unspecified atom stereocenters. The number of hydrogen-bond donors (Lipinski definition) is 4. The van der Waals surface area contributed by atoms with E-state index in [-0.39, 0.29) is 42.7 Å². The molecule has 0 spiro atoms. The molecule has 2 aromatic rings. The van der Waals surface area contributed by atoms with E-state index in [9.17, 15) is 28.8 Å². The molecular formula is C26H33N7O6. The number of rotatable bonds is 11. The zero-order valence-electron chi connectivity index (χ0n) is 21.9. The number of nitrogens with one attached hydrogen (secondary N) is 4. The molecule has 0 aliphatic heterocycles. The fourth-order valence-electron chi connectivity index (χ4n) is 5.43. The zero-order valence-corrected chi connectivity index (χ0v) is 21.9. The third-order valence-electron chi connectivity index (χ3n) is 7.49. The highest BCUT2D eigenvalue weighted by molar-refractivity contribution is 6.36. The van der Waals surface area contributed by atoms with Crippen molar-refractivity contribution < 1.29 is 24.0 Å². The second kappa shape index (κ2) is 12.0. The Balaban J connectivity index is 1.43. The van der Waals surface area contributed by atoms with Gasteiger partial charge in [-0.2, -0.15) is 5.10 Å². The van der Waals surface area contributed by atoms with Crippen molar-refractivity contribution in [3.63, 3.8) is 0 Å². The van der Waals surface area contributed by atoms with Crippen molar-refractivity contribution in [3.8, 4) is 0 Å². The van der Waals surface area contributed by atoms with Gasteiger partial charge in [0.25, 0.3) is 17.4 Å². The van der Waals surface area contributed by atoms with E-state index in [0.717, 1.165) is 19.3 Å². The summed E-state index contributed by atoms with van der Waals surface area (Å²) in [5.41, 5.74) is -0.506. The van der Waals surface area contributed by atoms with Crippen LogP contribution in [-0.4, -0.2) is 62.9 Å². The monoisotopic (exact) mass is 539 g/mol. The summed E-state index contributed by atoms with van der Waals surface area (Å²) < 4.78 is 2.52. The first-order valence-electron chi connectivity index (χ1n) is 13.0. The van der Waals surface area contributed by atoms with Crippen LogP contribution < -0.4 is 26.8 Å². The predicted octanol–water partition coefficient (Wildman–Crippen LogP) is -0.281. The SMILES string of the molecule is CNC(=O)C(=O)CC[C@H](NC(=O)c1ccnn1C)C(=O)Nc1cccn(CC(=O)NC2CC3CCC2C3)c1=O. The van der Waals surface area contributed by atoms with E-state index in [4.69, 9.17) is 0 Å². The van der Waals surface area contributed by atoms with Crippen LogP contribution in [0.25, 0.3) is 0 Å². The third kappa shape index (κ3) is 6.59. The lowest BCUT2D eigenvalue weighted by atomic mass is 9.95. The molecule has 2 saturated carbocycles. The molecule has 4 atom stereocenters. The Hall–Kier alpha value is -4.29. The fraction of sp³-hybridized carbons (Fsp3) is 0.500. The first-order chi connectivity index (χ1) is 18.7. The number of carbonyl (C=O) groups excluding carboxylic acids is 5. The molecule has 2 aromatic heterocycles. The van der Waals surface area contributed by atoms with Crippen LogP contribution in [0.1, 0.15) is 49.0 Å². The molecule has 4 amide bonds. The number of nitrogens with zero attached hydrogens (tertiary/aromatic N) is 3. The van der Waals surface area contributed by atoms with Gasteiger partial charge in [0.1, 0.15) is 24.0 Å². The van der Waals surface area contributed by atoms with Crippen LogP contribution in [0.5, 0.6) is 0 Å². The number of fused-ring (bicyclic) bond motifs is 2. The van der Waals surface area contributed by atoms with Gasteiger partial charge in [-0.05, 0) is 55.7 Å². The fourth-order valence-corrected chi connectivity index (χ4v) is 5.43. The molecule has 2 bridgehead atoms. The summed E-state index contributed by atoms with van der Waals surface area (Å²) in [7, 11) is 2.87. The summed E-state index contributed by atoms with van der Waals surface area (Å²) in [6.07, 6.45) is 6.81. The maximum Gasteiger partial charge on any atom is 0.287 e. The van der Waals surface area contributed by atoms with Gasteiger partial charge in [-0.15, -0.1) is 0 Å². The lowest BCUT2D eigenvalue weighted by Gasteiger charge is -2.23. The van der Waals surface area contributed by atoms with Crippen LogP contribution >= 0.6 is 0 Å². The van der Waals surface area contributed by atoms with Crippen molar-refractivity contribution >= 4 is 35.1 Å². The van der Waals surface area contributed by atoms with Gasteiger partial charge in [-0.25, -0.2) is 0 Å². The zero-order chi connectivity index (χ0) is 28.1. The van der Waals surface area contributed by atoms with Gasteiger partial charge < -0.3 is 25.8 Å². The Morgan fingerprint density at radius 1 is 1.13 bits per heavy atom. The van der Waals surface area contributed by atoms with Crippen LogP contribution in [0.15, 0.2) is 35.4 Å². The number of hydrogen-bond acceptors (Lipinski definition) is 7. The molecule has 2 heterocycles. The number of likely N-dealkylation sites (N-methyl/N-ethyl adjacent to an activating group) is 1. The highest BCUT2D eigenvalue weighted by atomic mass is 16.2. The third-order valence-corrected chi connectivity index (χ3v) is 7.49. The van der Waals surface area contributed by atoms with Crippen molar-refractivity contribution in [2.24, 2.45) is 18.9 Å². The molecule has 0 radical (unpaired) electrons. The van der Waals surface area contributed by atoms with Crippen molar-refractivity contribution in [1.29, 1.82) is 0 Å². The number of aryl methyl sites for hydroxylation is 1. The van der Waals surface area contributed by atoms with Crippen molar-refractivity contribution in [1.82, 2.24) is 30.3 Å². The molecule has 2 aliphatic rings. The van der Waals surface area contributed by atoms with E-state index in [1.807, 2.05) is 0 Å². The number of ketones is 1. The molecule has 39 heavy (non-hydrogen) atoms. The number of Topliss-reactive ketones (excluding diaryl/α,β-unsaturated/α-hetero) is 1. The molecule has 4 N–H and O–H groups in total. The molecular weight excluding hydrogens is 506 g/mol. The second-order valence-corrected chi connectivity index (χ2v) is 10.1. The minimum Gasteiger partial charge on any atom is -0.353 e. The van der Waals surface area contributed by atoms with Crippen molar-refractivity contribution in [3.05, 3.63) is 46.6 Å². The summed E-state index contributed by atoms with van der Waals surface area (Å²) in [6, 6.07) is 3.27. The quantitative estimate of drug-likeness (QED) is 0.284. The van der Waals surface area contributed by atoms with Gasteiger partial charge >= 0.3 is 0 Å². The minimum absolute atomic E-state index is 0.0902. The molecule has 2 aliphatic carbocycles. The smallest absolute Gasteiger partial charge is 0.287 e. The Morgan fingerprint density at radius 2 is 1.92 bits per heavy atom. The number of aromatic nitrogens is 3. The number of pyridine rings is 1. The number of carbonyl (C=O) groups is 5. The summed E-state index contributed by atoms with van der Waals surface area (Å²) in [4.78, 5) is 75.2. The van der Waals surface area contributed by atoms with E-state index < -0.39 is 35.1 Å². The van der Waals surface area contributed by atoms with Crippen LogP contribution in [0, 0.1) is 11.8 Å². The lowest BCUT2D eigenvalue weighted by Crippen LogP contribution is -2.46.